The van der Waals surface area contributed by atoms with Crippen molar-refractivity contribution >= 4 is 39.3 Å². The van der Waals surface area contributed by atoms with E-state index in [-0.39, 0.29) is 11.3 Å². The molecule has 0 bridgehead atoms. The number of hydrogen-bond donors (Lipinski definition) is 0. The molecule has 1 rings (SSSR count). The van der Waals surface area contributed by atoms with Gasteiger partial charge in [0.1, 0.15) is 11.0 Å². The van der Waals surface area contributed by atoms with E-state index in [0.29, 0.717) is 3.57 Å². The van der Waals surface area contributed by atoms with Crippen molar-refractivity contribution in [1.82, 2.24) is 0 Å². The van der Waals surface area contributed by atoms with Crippen LogP contribution in [-0.4, -0.2) is 14.7 Å². The summed E-state index contributed by atoms with van der Waals surface area (Å²) in [5.74, 6) is -1.88. The van der Waals surface area contributed by atoms with E-state index in [2.05, 4.69) is 4.40 Å². The molecule has 1 aromatic rings. The van der Waals surface area contributed by atoms with Gasteiger partial charge in [0.25, 0.3) is 0 Å². The van der Waals surface area contributed by atoms with E-state index in [0.717, 1.165) is 6.07 Å². The van der Waals surface area contributed by atoms with Crippen LogP contribution in [0.2, 0.25) is 0 Å². The number of benzene rings is 1. The summed E-state index contributed by atoms with van der Waals surface area (Å²) in [5, 5.41) is 0. The molecule has 0 aromatic heterocycles. The van der Waals surface area contributed by atoms with Gasteiger partial charge in [-0.15, -0.1) is 0 Å². The van der Waals surface area contributed by atoms with Crippen LogP contribution in [0.5, 0.6) is 0 Å². The van der Waals surface area contributed by atoms with Crippen molar-refractivity contribution in [2.24, 2.45) is 4.40 Å². The molecule has 6 heteroatoms. The van der Waals surface area contributed by atoms with Gasteiger partial charge in [0.05, 0.1) is 10.5 Å². The molecule has 0 fully saturated rings. The molecule has 0 saturated heterocycles. The molecule has 100 valence electrons. The summed E-state index contributed by atoms with van der Waals surface area (Å²) in [6.07, 6.45) is 0. The lowest BCUT2D eigenvalue weighted by molar-refractivity contribution is 0.506. The van der Waals surface area contributed by atoms with Gasteiger partial charge in [-0.2, -0.15) is 4.40 Å². The molecule has 0 amide bonds. The average Bonchev–Trinajstić information content (AvgIpc) is 2.21. The highest BCUT2D eigenvalue weighted by Crippen LogP contribution is 2.19. The van der Waals surface area contributed by atoms with Crippen molar-refractivity contribution in [3.63, 3.8) is 0 Å². The molecule has 0 heterocycles. The fourth-order valence-electron chi connectivity index (χ4n) is 1.13. The fraction of sp³-hybridized carbons (Fsp3) is 0.417. The van der Waals surface area contributed by atoms with Gasteiger partial charge in [-0.25, -0.2) is 13.0 Å². The Hall–Kier alpha value is -0.370. The Kier molecular flexibility index (Phi) is 4.99. The predicted molar refractivity (Wildman–Crippen MR) is 79.2 cm³/mol. The minimum absolute atomic E-state index is 0.0528. The summed E-state index contributed by atoms with van der Waals surface area (Å²) in [6.45, 7) is 6.83. The Morgan fingerprint density at radius 2 is 1.89 bits per heavy atom. The minimum Gasteiger partial charge on any atom is -0.234 e. The number of halogens is 3. The molecular formula is C12H14F2INOS. The van der Waals surface area contributed by atoms with E-state index in [1.807, 2.05) is 22.6 Å². The number of nitrogens with zero attached hydrogens (tertiary/aromatic N) is 1. The summed E-state index contributed by atoms with van der Waals surface area (Å²) in [4.78, 5) is 0. The van der Waals surface area contributed by atoms with Crippen LogP contribution in [0.4, 0.5) is 8.78 Å². The largest absolute Gasteiger partial charge is 0.234 e. The summed E-state index contributed by atoms with van der Waals surface area (Å²) in [6, 6.07) is 2.59. The quantitative estimate of drug-likeness (QED) is 0.432. The Labute approximate surface area is 122 Å². The van der Waals surface area contributed by atoms with E-state index in [4.69, 9.17) is 0 Å². The molecule has 2 nitrogen and oxygen atoms in total. The standard InChI is InChI=1S/C12H14F2INOS/c1-7(16-18(17)12(2,3)4)9-5-8(15)6-10(13)11(9)14/h5-6H,1-4H3/t18-/m1/s1. The highest BCUT2D eigenvalue weighted by Gasteiger charge is 2.20. The van der Waals surface area contributed by atoms with Crippen molar-refractivity contribution in [2.45, 2.75) is 32.4 Å². The first kappa shape index (κ1) is 15.7. The minimum atomic E-state index is -1.49. The lowest BCUT2D eigenvalue weighted by atomic mass is 10.1. The molecule has 18 heavy (non-hydrogen) atoms. The van der Waals surface area contributed by atoms with Crippen LogP contribution in [0, 0.1) is 15.2 Å². The maximum Gasteiger partial charge on any atom is 0.167 e. The van der Waals surface area contributed by atoms with Gasteiger partial charge in [-0.05, 0) is 62.4 Å². The summed E-state index contributed by atoms with van der Waals surface area (Å²) < 4.78 is 42.7. The van der Waals surface area contributed by atoms with Gasteiger partial charge < -0.3 is 0 Å². The second kappa shape index (κ2) is 5.73. The second-order valence-corrected chi connectivity index (χ2v) is 7.94. The van der Waals surface area contributed by atoms with Crippen LogP contribution >= 0.6 is 22.6 Å². The van der Waals surface area contributed by atoms with Crippen molar-refractivity contribution in [3.05, 3.63) is 32.9 Å². The zero-order valence-electron chi connectivity index (χ0n) is 10.6. The first-order chi connectivity index (χ1) is 8.12. The molecule has 0 spiro atoms. The van der Waals surface area contributed by atoms with Crippen LogP contribution < -0.4 is 0 Å². The molecule has 0 saturated carbocycles. The van der Waals surface area contributed by atoms with E-state index in [9.17, 15) is 13.0 Å². The molecule has 0 aliphatic rings. The maximum absolute atomic E-state index is 13.6. The third-order valence-corrected chi connectivity index (χ3v) is 4.24. The highest BCUT2D eigenvalue weighted by atomic mass is 127. The zero-order chi connectivity index (χ0) is 14.1. The molecule has 0 aliphatic heterocycles. The van der Waals surface area contributed by atoms with Gasteiger partial charge in [-0.3, -0.25) is 0 Å². The predicted octanol–water partition coefficient (Wildman–Crippen LogP) is 3.84. The van der Waals surface area contributed by atoms with Crippen LogP contribution in [-0.2, 0) is 11.0 Å². The van der Waals surface area contributed by atoms with Crippen LogP contribution in [0.3, 0.4) is 0 Å². The van der Waals surface area contributed by atoms with Crippen molar-refractivity contribution in [1.29, 1.82) is 0 Å². The van der Waals surface area contributed by atoms with E-state index < -0.39 is 27.4 Å². The smallest absolute Gasteiger partial charge is 0.167 e. The van der Waals surface area contributed by atoms with Gasteiger partial charge in [0.15, 0.2) is 11.6 Å². The number of hydrogen-bond acceptors (Lipinski definition) is 1. The lowest BCUT2D eigenvalue weighted by Gasteiger charge is -2.14. The van der Waals surface area contributed by atoms with E-state index in [1.165, 1.54) is 13.0 Å². The Balaban J connectivity index is 3.23. The molecule has 0 N–H and O–H groups in total. The van der Waals surface area contributed by atoms with Crippen molar-refractivity contribution < 1.29 is 13.0 Å². The monoisotopic (exact) mass is 385 g/mol. The number of rotatable bonds is 2. The summed E-state index contributed by atoms with van der Waals surface area (Å²) in [7, 11) is -1.49. The SMILES string of the molecule is CC(=N[S@](=O)C(C)(C)C)c1cc(I)cc(F)c1F. The molecule has 0 unspecified atom stereocenters. The molecule has 0 aliphatic carbocycles. The van der Waals surface area contributed by atoms with E-state index in [1.54, 1.807) is 20.8 Å². The Morgan fingerprint density at radius 3 is 2.39 bits per heavy atom. The Bertz CT molecular complexity index is 524. The highest BCUT2D eigenvalue weighted by molar-refractivity contribution is 14.1. The third kappa shape index (κ3) is 3.81. The fourth-order valence-corrected chi connectivity index (χ4v) is 2.34. The average molecular weight is 385 g/mol. The zero-order valence-corrected chi connectivity index (χ0v) is 13.5. The topological polar surface area (TPSA) is 29.4 Å². The van der Waals surface area contributed by atoms with Gasteiger partial charge in [0, 0.05) is 9.13 Å². The first-order valence-electron chi connectivity index (χ1n) is 5.25. The second-order valence-electron chi connectivity index (χ2n) is 4.79. The van der Waals surface area contributed by atoms with Crippen molar-refractivity contribution in [2.75, 3.05) is 0 Å². The lowest BCUT2D eigenvalue weighted by Crippen LogP contribution is -2.21. The summed E-state index contributed by atoms with van der Waals surface area (Å²) in [5.41, 5.74) is 0.287. The van der Waals surface area contributed by atoms with Crippen LogP contribution in [0.1, 0.15) is 33.3 Å². The van der Waals surface area contributed by atoms with Crippen LogP contribution in [0.25, 0.3) is 0 Å². The van der Waals surface area contributed by atoms with Gasteiger partial charge in [-0.1, -0.05) is 0 Å². The maximum atomic E-state index is 13.6. The molecule has 1 atom stereocenters. The molecular weight excluding hydrogens is 371 g/mol. The first-order valence-corrected chi connectivity index (χ1v) is 7.43. The van der Waals surface area contributed by atoms with Crippen LogP contribution in [0.15, 0.2) is 16.5 Å². The third-order valence-electron chi connectivity index (χ3n) is 2.13. The molecule has 1 aromatic carbocycles. The van der Waals surface area contributed by atoms with E-state index >= 15 is 0 Å². The van der Waals surface area contributed by atoms with Gasteiger partial charge in [0.2, 0.25) is 0 Å². The van der Waals surface area contributed by atoms with Gasteiger partial charge >= 0.3 is 0 Å². The Morgan fingerprint density at radius 1 is 1.33 bits per heavy atom. The molecule has 0 radical (unpaired) electrons. The van der Waals surface area contributed by atoms with Crippen molar-refractivity contribution in [3.8, 4) is 0 Å². The normalized spacial score (nSPS) is 14.7. The summed E-state index contributed by atoms with van der Waals surface area (Å²) >= 11 is 1.89.